The van der Waals surface area contributed by atoms with Crippen molar-refractivity contribution in [2.24, 2.45) is 5.92 Å². The van der Waals surface area contributed by atoms with Gasteiger partial charge >= 0.3 is 6.01 Å². The van der Waals surface area contributed by atoms with Crippen LogP contribution in [0.25, 0.3) is 11.4 Å². The summed E-state index contributed by atoms with van der Waals surface area (Å²) in [5.74, 6) is 1.38. The fourth-order valence-corrected chi connectivity index (χ4v) is 3.83. The van der Waals surface area contributed by atoms with Crippen LogP contribution in [-0.2, 0) is 4.79 Å². The normalized spacial score (nSPS) is 14.6. The molecule has 1 aromatic heterocycles. The molecule has 2 heterocycles. The number of amides is 1. The summed E-state index contributed by atoms with van der Waals surface area (Å²) in [6, 6.07) is 14.1. The number of aryl methyl sites for hydroxylation is 2. The van der Waals surface area contributed by atoms with Gasteiger partial charge in [0.25, 0.3) is 0 Å². The maximum atomic E-state index is 12.7. The second kappa shape index (κ2) is 8.57. The van der Waals surface area contributed by atoms with E-state index in [0.717, 1.165) is 41.0 Å². The molecule has 7 heteroatoms. The van der Waals surface area contributed by atoms with Crippen LogP contribution in [0.3, 0.4) is 0 Å². The molecule has 4 rings (SSSR count). The molecule has 0 saturated carbocycles. The Morgan fingerprint density at radius 2 is 1.77 bits per heavy atom. The zero-order chi connectivity index (χ0) is 21.1. The number of benzene rings is 2. The van der Waals surface area contributed by atoms with Crippen LogP contribution in [0.1, 0.15) is 24.0 Å². The molecular weight excluding hydrogens is 380 g/mol. The van der Waals surface area contributed by atoms with Gasteiger partial charge in [0.2, 0.25) is 11.7 Å². The Morgan fingerprint density at radius 3 is 2.40 bits per heavy atom. The standard InChI is InChI=1S/C23H26N4O3/c1-15-12-16(2)14-19(13-15)24-22(28)18-8-10-27(11-9-18)23-25-21(26-30-23)17-4-6-20(29-3)7-5-17/h4-7,12-14,18H,8-11H2,1-3H3,(H,24,28). The van der Waals surface area contributed by atoms with E-state index in [-0.39, 0.29) is 11.8 Å². The van der Waals surface area contributed by atoms with E-state index in [4.69, 9.17) is 9.26 Å². The topological polar surface area (TPSA) is 80.5 Å². The third-order valence-electron chi connectivity index (χ3n) is 5.39. The first-order valence-electron chi connectivity index (χ1n) is 10.1. The van der Waals surface area contributed by atoms with E-state index >= 15 is 0 Å². The molecule has 156 valence electrons. The van der Waals surface area contributed by atoms with Crippen molar-refractivity contribution in [2.45, 2.75) is 26.7 Å². The lowest BCUT2D eigenvalue weighted by molar-refractivity contribution is -0.120. The Labute approximate surface area is 176 Å². The fourth-order valence-electron chi connectivity index (χ4n) is 3.83. The van der Waals surface area contributed by atoms with Crippen LogP contribution in [0.4, 0.5) is 11.7 Å². The molecule has 1 aliphatic rings. The van der Waals surface area contributed by atoms with Gasteiger partial charge in [-0.1, -0.05) is 11.2 Å². The van der Waals surface area contributed by atoms with Crippen molar-refractivity contribution < 1.29 is 14.1 Å². The Balaban J connectivity index is 1.35. The molecule has 0 radical (unpaired) electrons. The molecule has 1 fully saturated rings. The van der Waals surface area contributed by atoms with Crippen LogP contribution in [0.5, 0.6) is 5.75 Å². The Bertz CT molecular complexity index is 1000. The van der Waals surface area contributed by atoms with Crippen molar-refractivity contribution >= 4 is 17.6 Å². The van der Waals surface area contributed by atoms with Gasteiger partial charge in [0.05, 0.1) is 7.11 Å². The number of nitrogens with zero attached hydrogens (tertiary/aromatic N) is 3. The molecule has 0 unspecified atom stereocenters. The van der Waals surface area contributed by atoms with Crippen LogP contribution in [-0.4, -0.2) is 36.2 Å². The zero-order valence-corrected chi connectivity index (χ0v) is 17.5. The highest BCUT2D eigenvalue weighted by atomic mass is 16.5. The summed E-state index contributed by atoms with van der Waals surface area (Å²) in [5, 5.41) is 7.16. The van der Waals surface area contributed by atoms with Crippen LogP contribution in [0, 0.1) is 19.8 Å². The fraction of sp³-hybridized carbons (Fsp3) is 0.348. The molecule has 1 amide bonds. The molecular formula is C23H26N4O3. The zero-order valence-electron chi connectivity index (χ0n) is 17.5. The number of piperidine rings is 1. The first-order valence-corrected chi connectivity index (χ1v) is 10.1. The number of ether oxygens (including phenoxy) is 1. The second-order valence-electron chi connectivity index (χ2n) is 7.76. The van der Waals surface area contributed by atoms with Crippen molar-refractivity contribution in [3.8, 4) is 17.1 Å². The van der Waals surface area contributed by atoms with Crippen LogP contribution < -0.4 is 15.0 Å². The summed E-state index contributed by atoms with van der Waals surface area (Å²) in [6.07, 6.45) is 1.49. The number of hydrogen-bond donors (Lipinski definition) is 1. The van der Waals surface area contributed by atoms with Crippen molar-refractivity contribution in [3.63, 3.8) is 0 Å². The van der Waals surface area contributed by atoms with E-state index in [1.54, 1.807) is 7.11 Å². The molecule has 0 atom stereocenters. The number of anilines is 2. The highest BCUT2D eigenvalue weighted by molar-refractivity contribution is 5.92. The number of carbonyl (C=O) groups is 1. The lowest BCUT2D eigenvalue weighted by Gasteiger charge is -2.29. The molecule has 0 aliphatic carbocycles. The third kappa shape index (κ3) is 4.45. The minimum atomic E-state index is -0.0222. The average Bonchev–Trinajstić information content (AvgIpc) is 3.23. The number of carbonyl (C=O) groups excluding carboxylic acids is 1. The predicted molar refractivity (Wildman–Crippen MR) is 116 cm³/mol. The minimum absolute atomic E-state index is 0.0222. The summed E-state index contributed by atoms with van der Waals surface area (Å²) in [7, 11) is 1.63. The maximum Gasteiger partial charge on any atom is 0.324 e. The monoisotopic (exact) mass is 406 g/mol. The van der Waals surface area contributed by atoms with Gasteiger partial charge in [-0.05, 0) is 74.2 Å². The van der Waals surface area contributed by atoms with Gasteiger partial charge in [-0.15, -0.1) is 0 Å². The largest absolute Gasteiger partial charge is 0.497 e. The van der Waals surface area contributed by atoms with E-state index in [1.807, 2.05) is 55.1 Å². The van der Waals surface area contributed by atoms with E-state index in [9.17, 15) is 4.79 Å². The Kier molecular flexibility index (Phi) is 5.70. The summed E-state index contributed by atoms with van der Waals surface area (Å²) in [6.45, 7) is 5.47. The number of rotatable bonds is 5. The van der Waals surface area contributed by atoms with Crippen molar-refractivity contribution in [1.29, 1.82) is 0 Å². The smallest absolute Gasteiger partial charge is 0.324 e. The lowest BCUT2D eigenvalue weighted by Crippen LogP contribution is -2.38. The molecule has 3 aromatic rings. The van der Waals surface area contributed by atoms with E-state index in [1.165, 1.54) is 0 Å². The van der Waals surface area contributed by atoms with Crippen molar-refractivity contribution in [1.82, 2.24) is 10.1 Å². The van der Waals surface area contributed by atoms with Crippen LogP contribution >= 0.6 is 0 Å². The summed E-state index contributed by atoms with van der Waals surface area (Å²) >= 11 is 0. The molecule has 0 bridgehead atoms. The van der Waals surface area contributed by atoms with Crippen LogP contribution in [0.2, 0.25) is 0 Å². The average molecular weight is 406 g/mol. The van der Waals surface area contributed by atoms with Gasteiger partial charge in [0, 0.05) is 30.3 Å². The minimum Gasteiger partial charge on any atom is -0.497 e. The quantitative estimate of drug-likeness (QED) is 0.683. The van der Waals surface area contributed by atoms with Gasteiger partial charge in [0.15, 0.2) is 0 Å². The van der Waals surface area contributed by atoms with Gasteiger partial charge < -0.3 is 19.5 Å². The number of hydrogen-bond acceptors (Lipinski definition) is 6. The van der Waals surface area contributed by atoms with Crippen molar-refractivity contribution in [3.05, 3.63) is 53.6 Å². The molecule has 30 heavy (non-hydrogen) atoms. The highest BCUT2D eigenvalue weighted by Crippen LogP contribution is 2.26. The summed E-state index contributed by atoms with van der Waals surface area (Å²) in [4.78, 5) is 19.2. The maximum absolute atomic E-state index is 12.7. The second-order valence-corrected chi connectivity index (χ2v) is 7.76. The first-order chi connectivity index (χ1) is 14.5. The molecule has 0 spiro atoms. The Morgan fingerprint density at radius 1 is 1.10 bits per heavy atom. The number of aromatic nitrogens is 2. The van der Waals surface area contributed by atoms with Gasteiger partial charge in [0.1, 0.15) is 5.75 Å². The molecule has 1 N–H and O–H groups in total. The van der Waals surface area contributed by atoms with E-state index in [2.05, 4.69) is 21.5 Å². The predicted octanol–water partition coefficient (Wildman–Crippen LogP) is 4.22. The number of nitrogens with one attached hydrogen (secondary N) is 1. The molecule has 1 saturated heterocycles. The van der Waals surface area contributed by atoms with Crippen molar-refractivity contribution in [2.75, 3.05) is 30.4 Å². The highest BCUT2D eigenvalue weighted by Gasteiger charge is 2.27. The SMILES string of the molecule is COc1ccc(-c2noc(N3CCC(C(=O)Nc4cc(C)cc(C)c4)CC3)n2)cc1. The van der Waals surface area contributed by atoms with Crippen LogP contribution in [0.15, 0.2) is 47.0 Å². The first kappa shape index (κ1) is 19.9. The summed E-state index contributed by atoms with van der Waals surface area (Å²) < 4.78 is 10.6. The van der Waals surface area contributed by atoms with E-state index < -0.39 is 0 Å². The third-order valence-corrected chi connectivity index (χ3v) is 5.39. The van der Waals surface area contributed by atoms with Gasteiger partial charge in [-0.3, -0.25) is 4.79 Å². The van der Waals surface area contributed by atoms with E-state index in [0.29, 0.717) is 24.9 Å². The molecule has 2 aromatic carbocycles. The van der Waals surface area contributed by atoms with Gasteiger partial charge in [-0.2, -0.15) is 4.98 Å². The number of methoxy groups -OCH3 is 1. The Hall–Kier alpha value is -3.35. The lowest BCUT2D eigenvalue weighted by atomic mass is 9.96. The molecule has 7 nitrogen and oxygen atoms in total. The van der Waals surface area contributed by atoms with Gasteiger partial charge in [-0.25, -0.2) is 0 Å². The summed E-state index contributed by atoms with van der Waals surface area (Å²) in [5.41, 5.74) is 4.02. The molecule has 1 aliphatic heterocycles.